The molecule has 1 aromatic carbocycles. The zero-order valence-corrected chi connectivity index (χ0v) is 11.5. The van der Waals surface area contributed by atoms with Crippen molar-refractivity contribution in [1.82, 2.24) is 10.3 Å². The third-order valence-electron chi connectivity index (χ3n) is 2.95. The molecule has 0 bridgehead atoms. The standard InChI is InChI=1S/C16H20N2O/c1-13-7-6-10-16(18-13)19-15(11-12-17-2)14-8-4-3-5-9-14/h3-10,15,17H,11-12H2,1-2H3/t15-/m1/s1. The van der Waals surface area contributed by atoms with Crippen LogP contribution in [0.25, 0.3) is 0 Å². The van der Waals surface area contributed by atoms with Gasteiger partial charge < -0.3 is 10.1 Å². The van der Waals surface area contributed by atoms with Crippen molar-refractivity contribution in [3.63, 3.8) is 0 Å². The van der Waals surface area contributed by atoms with E-state index in [4.69, 9.17) is 4.74 Å². The number of nitrogens with one attached hydrogen (secondary N) is 1. The fraction of sp³-hybridized carbons (Fsp3) is 0.312. The number of aryl methyl sites for hydroxylation is 1. The van der Waals surface area contributed by atoms with E-state index in [1.54, 1.807) is 0 Å². The van der Waals surface area contributed by atoms with Crippen LogP contribution >= 0.6 is 0 Å². The fourth-order valence-electron chi connectivity index (χ4n) is 1.97. The Balaban J connectivity index is 2.14. The largest absolute Gasteiger partial charge is 0.469 e. The second kappa shape index (κ2) is 6.90. The van der Waals surface area contributed by atoms with E-state index in [1.807, 2.05) is 50.4 Å². The summed E-state index contributed by atoms with van der Waals surface area (Å²) in [7, 11) is 1.95. The van der Waals surface area contributed by atoms with Crippen LogP contribution in [0.5, 0.6) is 5.88 Å². The van der Waals surface area contributed by atoms with E-state index in [9.17, 15) is 0 Å². The summed E-state index contributed by atoms with van der Waals surface area (Å²) in [5.74, 6) is 0.685. The highest BCUT2D eigenvalue weighted by Gasteiger charge is 2.13. The Morgan fingerprint density at radius 2 is 1.89 bits per heavy atom. The number of rotatable bonds is 6. The van der Waals surface area contributed by atoms with E-state index < -0.39 is 0 Å². The Morgan fingerprint density at radius 3 is 2.58 bits per heavy atom. The van der Waals surface area contributed by atoms with Crippen LogP contribution < -0.4 is 10.1 Å². The first-order valence-electron chi connectivity index (χ1n) is 6.59. The summed E-state index contributed by atoms with van der Waals surface area (Å²) >= 11 is 0. The first kappa shape index (κ1) is 13.6. The molecule has 0 fully saturated rings. The van der Waals surface area contributed by atoms with Crippen LogP contribution in [0.4, 0.5) is 0 Å². The second-order valence-electron chi connectivity index (χ2n) is 4.53. The van der Waals surface area contributed by atoms with E-state index >= 15 is 0 Å². The highest BCUT2D eigenvalue weighted by Crippen LogP contribution is 2.23. The lowest BCUT2D eigenvalue weighted by molar-refractivity contribution is 0.186. The van der Waals surface area contributed by atoms with Crippen LogP contribution in [0.15, 0.2) is 48.5 Å². The summed E-state index contributed by atoms with van der Waals surface area (Å²) in [6.45, 7) is 2.88. The maximum atomic E-state index is 6.03. The lowest BCUT2D eigenvalue weighted by atomic mass is 10.1. The predicted octanol–water partition coefficient (Wildman–Crippen LogP) is 3.12. The number of pyridine rings is 1. The maximum absolute atomic E-state index is 6.03. The van der Waals surface area contributed by atoms with E-state index in [0.29, 0.717) is 5.88 Å². The zero-order valence-electron chi connectivity index (χ0n) is 11.5. The molecule has 0 aliphatic carbocycles. The van der Waals surface area contributed by atoms with Crippen LogP contribution in [0.1, 0.15) is 23.8 Å². The van der Waals surface area contributed by atoms with Gasteiger partial charge in [-0.3, -0.25) is 0 Å². The summed E-state index contributed by atoms with van der Waals surface area (Å²) in [5, 5.41) is 3.16. The van der Waals surface area contributed by atoms with Gasteiger partial charge in [0, 0.05) is 18.2 Å². The average molecular weight is 256 g/mol. The van der Waals surface area contributed by atoms with Crippen molar-refractivity contribution in [2.24, 2.45) is 0 Å². The topological polar surface area (TPSA) is 34.1 Å². The number of nitrogens with zero attached hydrogens (tertiary/aromatic N) is 1. The lowest BCUT2D eigenvalue weighted by Gasteiger charge is -2.19. The van der Waals surface area contributed by atoms with E-state index in [-0.39, 0.29) is 6.10 Å². The predicted molar refractivity (Wildman–Crippen MR) is 77.3 cm³/mol. The molecule has 0 radical (unpaired) electrons. The molecular formula is C16H20N2O. The Kier molecular flexibility index (Phi) is 4.93. The van der Waals surface area contributed by atoms with Gasteiger partial charge in [-0.2, -0.15) is 0 Å². The van der Waals surface area contributed by atoms with Gasteiger partial charge in [-0.15, -0.1) is 0 Å². The number of ether oxygens (including phenoxy) is 1. The van der Waals surface area contributed by atoms with Gasteiger partial charge in [0.2, 0.25) is 5.88 Å². The third kappa shape index (κ3) is 4.07. The number of hydrogen-bond donors (Lipinski definition) is 1. The van der Waals surface area contributed by atoms with Gasteiger partial charge >= 0.3 is 0 Å². The van der Waals surface area contributed by atoms with Gasteiger partial charge in [0.15, 0.2) is 0 Å². The number of hydrogen-bond acceptors (Lipinski definition) is 3. The van der Waals surface area contributed by atoms with Crippen LogP contribution in [-0.4, -0.2) is 18.6 Å². The van der Waals surface area contributed by atoms with Crippen molar-refractivity contribution < 1.29 is 4.74 Å². The van der Waals surface area contributed by atoms with Crippen molar-refractivity contribution in [2.45, 2.75) is 19.4 Å². The third-order valence-corrected chi connectivity index (χ3v) is 2.95. The zero-order chi connectivity index (χ0) is 13.5. The number of aromatic nitrogens is 1. The smallest absolute Gasteiger partial charge is 0.214 e. The van der Waals surface area contributed by atoms with Crippen LogP contribution in [0.2, 0.25) is 0 Å². The Labute approximate surface area is 114 Å². The molecule has 1 atom stereocenters. The second-order valence-corrected chi connectivity index (χ2v) is 4.53. The molecule has 0 spiro atoms. The molecule has 19 heavy (non-hydrogen) atoms. The average Bonchev–Trinajstić information content (AvgIpc) is 2.44. The summed E-state index contributed by atoms with van der Waals surface area (Å²) in [4.78, 5) is 4.40. The molecule has 0 saturated carbocycles. The lowest BCUT2D eigenvalue weighted by Crippen LogP contribution is -2.16. The molecule has 1 N–H and O–H groups in total. The van der Waals surface area contributed by atoms with Gasteiger partial charge in [0.25, 0.3) is 0 Å². The molecule has 0 unspecified atom stereocenters. The van der Waals surface area contributed by atoms with E-state index in [2.05, 4.69) is 22.4 Å². The molecule has 2 rings (SSSR count). The van der Waals surface area contributed by atoms with Crippen LogP contribution in [0.3, 0.4) is 0 Å². The van der Waals surface area contributed by atoms with Gasteiger partial charge in [-0.1, -0.05) is 36.4 Å². The van der Waals surface area contributed by atoms with Crippen molar-refractivity contribution in [3.8, 4) is 5.88 Å². The maximum Gasteiger partial charge on any atom is 0.214 e. The van der Waals surface area contributed by atoms with Crippen molar-refractivity contribution in [1.29, 1.82) is 0 Å². The number of benzene rings is 1. The highest BCUT2D eigenvalue weighted by atomic mass is 16.5. The Bertz CT molecular complexity index is 499. The molecule has 100 valence electrons. The molecular weight excluding hydrogens is 236 g/mol. The minimum atomic E-state index is 0.0305. The van der Waals surface area contributed by atoms with E-state index in [1.165, 1.54) is 5.56 Å². The SMILES string of the molecule is CNCC[C@@H](Oc1cccc(C)n1)c1ccccc1. The minimum absolute atomic E-state index is 0.0305. The normalized spacial score (nSPS) is 12.1. The fourth-order valence-corrected chi connectivity index (χ4v) is 1.97. The minimum Gasteiger partial charge on any atom is -0.469 e. The van der Waals surface area contributed by atoms with Crippen LogP contribution in [0, 0.1) is 6.92 Å². The van der Waals surface area contributed by atoms with Gasteiger partial charge in [0.1, 0.15) is 6.10 Å². The van der Waals surface area contributed by atoms with E-state index in [0.717, 1.165) is 18.7 Å². The summed E-state index contributed by atoms with van der Waals surface area (Å²) in [6.07, 6.45) is 0.943. The van der Waals surface area contributed by atoms with Gasteiger partial charge in [-0.05, 0) is 32.1 Å². The molecule has 3 heteroatoms. The molecule has 2 aromatic rings. The molecule has 1 heterocycles. The summed E-state index contributed by atoms with van der Waals surface area (Å²) < 4.78 is 6.03. The van der Waals surface area contributed by atoms with Crippen molar-refractivity contribution in [2.75, 3.05) is 13.6 Å². The Morgan fingerprint density at radius 1 is 1.11 bits per heavy atom. The molecule has 3 nitrogen and oxygen atoms in total. The monoisotopic (exact) mass is 256 g/mol. The van der Waals surface area contributed by atoms with Crippen molar-refractivity contribution >= 4 is 0 Å². The van der Waals surface area contributed by atoms with Gasteiger partial charge in [0.05, 0.1) is 0 Å². The highest BCUT2D eigenvalue weighted by molar-refractivity contribution is 5.21. The first-order chi connectivity index (χ1) is 9.29. The summed E-state index contributed by atoms with van der Waals surface area (Å²) in [5.41, 5.74) is 2.15. The molecule has 1 aromatic heterocycles. The molecule has 0 saturated heterocycles. The molecule has 0 amide bonds. The Hall–Kier alpha value is -1.87. The first-order valence-corrected chi connectivity index (χ1v) is 6.59. The molecule has 0 aliphatic heterocycles. The quantitative estimate of drug-likeness (QED) is 0.862. The van der Waals surface area contributed by atoms with Crippen LogP contribution in [-0.2, 0) is 0 Å². The molecule has 0 aliphatic rings. The van der Waals surface area contributed by atoms with Crippen molar-refractivity contribution in [3.05, 3.63) is 59.8 Å². The van der Waals surface area contributed by atoms with Gasteiger partial charge in [-0.25, -0.2) is 4.98 Å². The summed E-state index contributed by atoms with van der Waals surface area (Å²) in [6, 6.07) is 16.1.